The Labute approximate surface area is 63.2 Å². The Morgan fingerprint density at radius 3 is 2.50 bits per heavy atom. The molecule has 0 bridgehead atoms. The van der Waals surface area contributed by atoms with Crippen LogP contribution in [0.2, 0.25) is 0 Å². The van der Waals surface area contributed by atoms with Gasteiger partial charge in [-0.2, -0.15) is 0 Å². The van der Waals surface area contributed by atoms with Crippen molar-refractivity contribution in [2.24, 2.45) is 0 Å². The standard InChI is InChI=1S/C8H17NO/c1-4-10-8-5-9(6-8)7(2)3/h7-8H,4-6H2,1-3H3. The largest absolute Gasteiger partial charge is 0.376 e. The maximum absolute atomic E-state index is 5.42. The summed E-state index contributed by atoms with van der Waals surface area (Å²) in [5, 5.41) is 0. The van der Waals surface area contributed by atoms with Gasteiger partial charge in [0.1, 0.15) is 0 Å². The third-order valence-electron chi connectivity index (χ3n) is 2.01. The summed E-state index contributed by atoms with van der Waals surface area (Å²) in [5.74, 6) is 0. The fourth-order valence-electron chi connectivity index (χ4n) is 1.23. The molecule has 1 aliphatic rings. The highest BCUT2D eigenvalue weighted by atomic mass is 16.5. The van der Waals surface area contributed by atoms with E-state index >= 15 is 0 Å². The van der Waals surface area contributed by atoms with Crippen molar-refractivity contribution in [2.45, 2.75) is 32.9 Å². The molecule has 0 aliphatic carbocycles. The van der Waals surface area contributed by atoms with Crippen LogP contribution in [-0.4, -0.2) is 36.7 Å². The molecule has 0 aromatic heterocycles. The lowest BCUT2D eigenvalue weighted by Crippen LogP contribution is -2.54. The zero-order valence-electron chi connectivity index (χ0n) is 7.13. The van der Waals surface area contributed by atoms with Gasteiger partial charge in [-0.25, -0.2) is 0 Å². The van der Waals surface area contributed by atoms with Gasteiger partial charge in [0.15, 0.2) is 0 Å². The van der Waals surface area contributed by atoms with Crippen molar-refractivity contribution in [1.29, 1.82) is 0 Å². The first-order valence-electron chi connectivity index (χ1n) is 4.09. The molecular weight excluding hydrogens is 126 g/mol. The molecule has 1 heterocycles. The summed E-state index contributed by atoms with van der Waals surface area (Å²) in [6, 6.07) is 0.691. The van der Waals surface area contributed by atoms with E-state index in [1.54, 1.807) is 0 Å². The smallest absolute Gasteiger partial charge is 0.0828 e. The summed E-state index contributed by atoms with van der Waals surface area (Å²) >= 11 is 0. The minimum Gasteiger partial charge on any atom is -0.376 e. The van der Waals surface area contributed by atoms with Gasteiger partial charge in [0.2, 0.25) is 0 Å². The third-order valence-corrected chi connectivity index (χ3v) is 2.01. The van der Waals surface area contributed by atoms with Crippen LogP contribution < -0.4 is 0 Å². The average Bonchev–Trinajstić information content (AvgIpc) is 1.76. The molecule has 1 aliphatic heterocycles. The molecule has 0 radical (unpaired) electrons. The summed E-state index contributed by atoms with van der Waals surface area (Å²) in [4.78, 5) is 2.42. The van der Waals surface area contributed by atoms with E-state index in [9.17, 15) is 0 Å². The van der Waals surface area contributed by atoms with Crippen LogP contribution in [0.15, 0.2) is 0 Å². The lowest BCUT2D eigenvalue weighted by Gasteiger charge is -2.41. The molecular formula is C8H17NO. The van der Waals surface area contributed by atoms with Gasteiger partial charge in [-0.3, -0.25) is 4.90 Å². The first-order chi connectivity index (χ1) is 4.74. The predicted octanol–water partition coefficient (Wildman–Crippen LogP) is 1.12. The monoisotopic (exact) mass is 143 g/mol. The zero-order chi connectivity index (χ0) is 7.56. The molecule has 0 aromatic rings. The van der Waals surface area contributed by atoms with E-state index in [1.165, 1.54) is 0 Å². The Kier molecular flexibility index (Phi) is 2.69. The van der Waals surface area contributed by atoms with Gasteiger partial charge in [0.05, 0.1) is 6.10 Å². The Morgan fingerprint density at radius 1 is 1.50 bits per heavy atom. The maximum Gasteiger partial charge on any atom is 0.0828 e. The Balaban J connectivity index is 2.06. The zero-order valence-corrected chi connectivity index (χ0v) is 7.13. The molecule has 1 saturated heterocycles. The van der Waals surface area contributed by atoms with Crippen molar-refractivity contribution < 1.29 is 4.74 Å². The Bertz CT molecular complexity index is 97.4. The van der Waals surface area contributed by atoms with Crippen LogP contribution in [0.4, 0.5) is 0 Å². The quantitative estimate of drug-likeness (QED) is 0.587. The van der Waals surface area contributed by atoms with Gasteiger partial charge >= 0.3 is 0 Å². The van der Waals surface area contributed by atoms with Gasteiger partial charge in [-0.05, 0) is 20.8 Å². The average molecular weight is 143 g/mol. The summed E-state index contributed by atoms with van der Waals surface area (Å²) in [6.07, 6.45) is 0.521. The van der Waals surface area contributed by atoms with E-state index < -0.39 is 0 Å². The van der Waals surface area contributed by atoms with Gasteiger partial charge in [0.25, 0.3) is 0 Å². The Morgan fingerprint density at radius 2 is 2.10 bits per heavy atom. The fraction of sp³-hybridized carbons (Fsp3) is 1.00. The topological polar surface area (TPSA) is 12.5 Å². The highest BCUT2D eigenvalue weighted by Crippen LogP contribution is 2.14. The summed E-state index contributed by atoms with van der Waals surface area (Å²) in [6.45, 7) is 9.62. The molecule has 1 rings (SSSR count). The molecule has 1 fully saturated rings. The van der Waals surface area contributed by atoms with Crippen molar-refractivity contribution in [2.75, 3.05) is 19.7 Å². The number of nitrogens with zero attached hydrogens (tertiary/aromatic N) is 1. The van der Waals surface area contributed by atoms with Crippen LogP contribution >= 0.6 is 0 Å². The van der Waals surface area contributed by atoms with E-state index in [4.69, 9.17) is 4.74 Å². The van der Waals surface area contributed by atoms with Crippen LogP contribution in [0.5, 0.6) is 0 Å². The van der Waals surface area contributed by atoms with Crippen LogP contribution in [0.3, 0.4) is 0 Å². The van der Waals surface area contributed by atoms with Crippen molar-refractivity contribution in [3.8, 4) is 0 Å². The third kappa shape index (κ3) is 1.70. The molecule has 2 heteroatoms. The molecule has 0 spiro atoms. The van der Waals surface area contributed by atoms with E-state index in [2.05, 4.69) is 25.7 Å². The van der Waals surface area contributed by atoms with E-state index in [1.807, 2.05) is 0 Å². The van der Waals surface area contributed by atoms with Crippen LogP contribution in [-0.2, 0) is 4.74 Å². The predicted molar refractivity (Wildman–Crippen MR) is 42.1 cm³/mol. The normalized spacial score (nSPS) is 21.6. The Hall–Kier alpha value is -0.0800. The first-order valence-corrected chi connectivity index (χ1v) is 4.09. The highest BCUT2D eigenvalue weighted by molar-refractivity contribution is 4.82. The van der Waals surface area contributed by atoms with Crippen LogP contribution in [0.1, 0.15) is 20.8 Å². The molecule has 0 unspecified atom stereocenters. The second-order valence-electron chi connectivity index (χ2n) is 3.13. The molecule has 0 atom stereocenters. The summed E-state index contributed by atoms with van der Waals surface area (Å²) < 4.78 is 5.42. The highest BCUT2D eigenvalue weighted by Gasteiger charge is 2.28. The van der Waals surface area contributed by atoms with Crippen LogP contribution in [0, 0.1) is 0 Å². The molecule has 0 N–H and O–H groups in total. The van der Waals surface area contributed by atoms with Gasteiger partial charge in [-0.1, -0.05) is 0 Å². The van der Waals surface area contributed by atoms with Gasteiger partial charge in [0, 0.05) is 25.7 Å². The van der Waals surface area contributed by atoms with E-state index in [0.29, 0.717) is 12.1 Å². The number of rotatable bonds is 3. The molecule has 2 nitrogen and oxygen atoms in total. The van der Waals surface area contributed by atoms with Gasteiger partial charge < -0.3 is 4.74 Å². The second-order valence-corrected chi connectivity index (χ2v) is 3.13. The number of likely N-dealkylation sites (tertiary alicyclic amines) is 1. The molecule has 0 amide bonds. The maximum atomic E-state index is 5.42. The summed E-state index contributed by atoms with van der Waals surface area (Å²) in [7, 11) is 0. The first kappa shape index (κ1) is 8.02. The minimum atomic E-state index is 0.521. The lowest BCUT2D eigenvalue weighted by atomic mass is 10.1. The molecule has 10 heavy (non-hydrogen) atoms. The fourth-order valence-corrected chi connectivity index (χ4v) is 1.23. The van der Waals surface area contributed by atoms with Crippen molar-refractivity contribution in [3.63, 3.8) is 0 Å². The van der Waals surface area contributed by atoms with Crippen LogP contribution in [0.25, 0.3) is 0 Å². The number of hydrogen-bond donors (Lipinski definition) is 0. The van der Waals surface area contributed by atoms with Crippen molar-refractivity contribution in [3.05, 3.63) is 0 Å². The molecule has 0 saturated carbocycles. The number of ether oxygens (including phenoxy) is 1. The van der Waals surface area contributed by atoms with Crippen molar-refractivity contribution in [1.82, 2.24) is 4.90 Å². The number of hydrogen-bond acceptors (Lipinski definition) is 2. The SMILES string of the molecule is CCOC1CN(C(C)C)C1. The molecule has 0 aromatic carbocycles. The van der Waals surface area contributed by atoms with E-state index in [0.717, 1.165) is 19.7 Å². The molecule has 60 valence electrons. The van der Waals surface area contributed by atoms with Gasteiger partial charge in [-0.15, -0.1) is 0 Å². The summed E-state index contributed by atoms with van der Waals surface area (Å²) in [5.41, 5.74) is 0. The van der Waals surface area contributed by atoms with Crippen molar-refractivity contribution >= 4 is 0 Å². The minimum absolute atomic E-state index is 0.521. The second kappa shape index (κ2) is 3.35. The van der Waals surface area contributed by atoms with E-state index in [-0.39, 0.29) is 0 Å². The lowest BCUT2D eigenvalue weighted by molar-refractivity contribution is -0.0620.